The molecular weight excluding hydrogens is 310 g/mol. The fourth-order valence-corrected chi connectivity index (χ4v) is 1.68. The number of carbonyl (C=O) groups is 2. The van der Waals surface area contributed by atoms with Gasteiger partial charge in [-0.05, 0) is 39.8 Å². The molecule has 1 N–H and O–H groups in total. The predicted octanol–water partition coefficient (Wildman–Crippen LogP) is 3.55. The molecule has 0 saturated heterocycles. The van der Waals surface area contributed by atoms with E-state index < -0.39 is 17.7 Å². The molecule has 0 radical (unpaired) electrons. The number of ether oxygens (including phenoxy) is 1. The van der Waals surface area contributed by atoms with E-state index >= 15 is 0 Å². The summed E-state index contributed by atoms with van der Waals surface area (Å²) in [5.74, 6) is -0.154. The molecule has 0 spiro atoms. The Balaban J connectivity index is 2.63. The topological polar surface area (TPSA) is 55.4 Å². The van der Waals surface area contributed by atoms with E-state index in [1.165, 1.54) is 0 Å². The molecule has 19 heavy (non-hydrogen) atoms. The number of hydrogen-bond donors (Lipinski definition) is 1. The highest BCUT2D eigenvalue weighted by Crippen LogP contribution is 2.12. The highest BCUT2D eigenvalue weighted by atomic mass is 79.9. The fourth-order valence-electron chi connectivity index (χ4n) is 1.41. The zero-order chi connectivity index (χ0) is 14.6. The van der Waals surface area contributed by atoms with Crippen molar-refractivity contribution in [2.24, 2.45) is 0 Å². The van der Waals surface area contributed by atoms with Crippen molar-refractivity contribution in [2.45, 2.75) is 39.3 Å². The highest BCUT2D eigenvalue weighted by Gasteiger charge is 2.21. The van der Waals surface area contributed by atoms with Gasteiger partial charge in [-0.2, -0.15) is 0 Å². The van der Waals surface area contributed by atoms with Gasteiger partial charge in [-0.1, -0.05) is 28.1 Å². The largest absolute Gasteiger partial charge is 0.444 e. The van der Waals surface area contributed by atoms with Crippen LogP contribution in [0.3, 0.4) is 0 Å². The molecule has 0 heterocycles. The number of rotatable bonds is 3. The molecule has 0 unspecified atom stereocenters. The van der Waals surface area contributed by atoms with E-state index in [1.807, 2.05) is 0 Å². The van der Waals surface area contributed by atoms with Crippen molar-refractivity contribution in [3.8, 4) is 0 Å². The summed E-state index contributed by atoms with van der Waals surface area (Å²) in [4.78, 5) is 23.6. The summed E-state index contributed by atoms with van der Waals surface area (Å²) in [6.07, 6.45) is -0.592. The fraction of sp³-hybridized carbons (Fsp3) is 0.429. The Kier molecular flexibility index (Phi) is 5.11. The van der Waals surface area contributed by atoms with Crippen LogP contribution in [0.1, 0.15) is 38.1 Å². The SMILES string of the molecule is C[C@H](NC(=O)OC(C)(C)C)C(=O)c1ccc(Br)cc1. The van der Waals surface area contributed by atoms with Gasteiger partial charge in [0.25, 0.3) is 0 Å². The first-order valence-corrected chi connectivity index (χ1v) is 6.77. The number of Topliss-reactive ketones (excluding diaryl/α,β-unsaturated/α-hetero) is 1. The molecule has 1 atom stereocenters. The van der Waals surface area contributed by atoms with Crippen molar-refractivity contribution < 1.29 is 14.3 Å². The van der Waals surface area contributed by atoms with Crippen LogP contribution in [0, 0.1) is 0 Å². The summed E-state index contributed by atoms with van der Waals surface area (Å²) in [6, 6.07) is 6.36. The Morgan fingerprint density at radius 2 is 1.74 bits per heavy atom. The summed E-state index contributed by atoms with van der Waals surface area (Å²) in [5.41, 5.74) is -0.0310. The van der Waals surface area contributed by atoms with E-state index in [-0.39, 0.29) is 5.78 Å². The molecule has 0 aliphatic heterocycles. The van der Waals surface area contributed by atoms with E-state index in [2.05, 4.69) is 21.2 Å². The number of carbonyl (C=O) groups excluding carboxylic acids is 2. The third-order valence-corrected chi connectivity index (χ3v) is 2.78. The van der Waals surface area contributed by atoms with Crippen LogP contribution < -0.4 is 5.32 Å². The minimum atomic E-state index is -0.629. The first-order valence-electron chi connectivity index (χ1n) is 5.98. The Morgan fingerprint density at radius 3 is 2.21 bits per heavy atom. The van der Waals surface area contributed by atoms with Crippen LogP contribution >= 0.6 is 15.9 Å². The van der Waals surface area contributed by atoms with Crippen molar-refractivity contribution in [1.82, 2.24) is 5.32 Å². The molecule has 0 fully saturated rings. The molecule has 0 saturated carbocycles. The van der Waals surface area contributed by atoms with Gasteiger partial charge in [0, 0.05) is 10.0 Å². The van der Waals surface area contributed by atoms with E-state index in [0.29, 0.717) is 5.56 Å². The monoisotopic (exact) mass is 327 g/mol. The molecule has 0 bridgehead atoms. The number of hydrogen-bond acceptors (Lipinski definition) is 3. The third-order valence-electron chi connectivity index (χ3n) is 2.26. The molecular formula is C14H18BrNO3. The molecule has 5 heteroatoms. The zero-order valence-electron chi connectivity index (χ0n) is 11.5. The first kappa shape index (κ1) is 15.7. The Bertz CT molecular complexity index is 463. The average molecular weight is 328 g/mol. The van der Waals surface area contributed by atoms with Crippen molar-refractivity contribution in [2.75, 3.05) is 0 Å². The molecule has 104 valence electrons. The van der Waals surface area contributed by atoms with E-state index in [1.54, 1.807) is 52.0 Å². The summed E-state index contributed by atoms with van der Waals surface area (Å²) < 4.78 is 6.00. The lowest BCUT2D eigenvalue weighted by Crippen LogP contribution is -2.41. The number of amides is 1. The summed E-state index contributed by atoms with van der Waals surface area (Å²) in [5, 5.41) is 2.53. The molecule has 1 aromatic carbocycles. The second-order valence-corrected chi connectivity index (χ2v) is 6.15. The maximum atomic E-state index is 12.1. The van der Waals surface area contributed by atoms with Gasteiger partial charge >= 0.3 is 6.09 Å². The minimum Gasteiger partial charge on any atom is -0.444 e. The van der Waals surface area contributed by atoms with E-state index in [9.17, 15) is 9.59 Å². The summed E-state index contributed by atoms with van der Waals surface area (Å²) >= 11 is 3.30. The van der Waals surface area contributed by atoms with Gasteiger partial charge in [0.1, 0.15) is 5.60 Å². The molecule has 4 nitrogen and oxygen atoms in total. The summed E-state index contributed by atoms with van der Waals surface area (Å²) in [7, 11) is 0. The van der Waals surface area contributed by atoms with Crippen LogP contribution in [0.4, 0.5) is 4.79 Å². The second kappa shape index (κ2) is 6.19. The number of alkyl carbamates (subject to hydrolysis) is 1. The lowest BCUT2D eigenvalue weighted by Gasteiger charge is -2.21. The number of halogens is 1. The molecule has 0 aliphatic rings. The Labute approximate surface area is 121 Å². The lowest BCUT2D eigenvalue weighted by atomic mass is 10.1. The Morgan fingerprint density at radius 1 is 1.21 bits per heavy atom. The van der Waals surface area contributed by atoms with E-state index in [0.717, 1.165) is 4.47 Å². The van der Waals surface area contributed by atoms with Gasteiger partial charge in [0.05, 0.1) is 6.04 Å². The highest BCUT2D eigenvalue weighted by molar-refractivity contribution is 9.10. The number of ketones is 1. The summed E-state index contributed by atoms with van der Waals surface area (Å²) in [6.45, 7) is 6.95. The molecule has 1 rings (SSSR count). The van der Waals surface area contributed by atoms with Gasteiger partial charge in [-0.15, -0.1) is 0 Å². The predicted molar refractivity (Wildman–Crippen MR) is 77.3 cm³/mol. The van der Waals surface area contributed by atoms with Crippen molar-refractivity contribution >= 4 is 27.8 Å². The average Bonchev–Trinajstić information content (AvgIpc) is 2.26. The van der Waals surface area contributed by atoms with Gasteiger partial charge in [0.15, 0.2) is 5.78 Å². The van der Waals surface area contributed by atoms with Crippen LogP contribution in [0.5, 0.6) is 0 Å². The quantitative estimate of drug-likeness (QED) is 0.864. The molecule has 0 aliphatic carbocycles. The van der Waals surface area contributed by atoms with Gasteiger partial charge < -0.3 is 10.1 Å². The maximum absolute atomic E-state index is 12.1. The zero-order valence-corrected chi connectivity index (χ0v) is 13.1. The Hall–Kier alpha value is -1.36. The van der Waals surface area contributed by atoms with Crippen LogP contribution in [0.2, 0.25) is 0 Å². The van der Waals surface area contributed by atoms with Crippen LogP contribution in [-0.2, 0) is 4.74 Å². The van der Waals surface area contributed by atoms with Crippen molar-refractivity contribution in [3.63, 3.8) is 0 Å². The van der Waals surface area contributed by atoms with Gasteiger partial charge in [-0.25, -0.2) is 4.79 Å². The standard InChI is InChI=1S/C14H18BrNO3/c1-9(16-13(18)19-14(2,3)4)12(17)10-5-7-11(15)8-6-10/h5-9H,1-4H3,(H,16,18)/t9-/m0/s1. The van der Waals surface area contributed by atoms with Gasteiger partial charge in [0.2, 0.25) is 0 Å². The number of nitrogens with one attached hydrogen (secondary N) is 1. The van der Waals surface area contributed by atoms with Crippen molar-refractivity contribution in [3.05, 3.63) is 34.3 Å². The maximum Gasteiger partial charge on any atom is 0.408 e. The smallest absolute Gasteiger partial charge is 0.408 e. The first-order chi connectivity index (χ1) is 8.69. The lowest BCUT2D eigenvalue weighted by molar-refractivity contribution is 0.0497. The van der Waals surface area contributed by atoms with Gasteiger partial charge in [-0.3, -0.25) is 4.79 Å². The minimum absolute atomic E-state index is 0.154. The molecule has 1 amide bonds. The van der Waals surface area contributed by atoms with Crippen LogP contribution in [-0.4, -0.2) is 23.5 Å². The van der Waals surface area contributed by atoms with Crippen molar-refractivity contribution in [1.29, 1.82) is 0 Å². The number of benzene rings is 1. The molecule has 0 aromatic heterocycles. The third kappa shape index (κ3) is 5.42. The van der Waals surface area contributed by atoms with Crippen LogP contribution in [0.25, 0.3) is 0 Å². The molecule has 1 aromatic rings. The van der Waals surface area contributed by atoms with E-state index in [4.69, 9.17) is 4.74 Å². The second-order valence-electron chi connectivity index (χ2n) is 5.24. The van der Waals surface area contributed by atoms with Crippen LogP contribution in [0.15, 0.2) is 28.7 Å². The normalized spacial score (nSPS) is 12.7.